The van der Waals surface area contributed by atoms with Gasteiger partial charge in [-0.2, -0.15) is 5.10 Å². The molecule has 1 aliphatic rings. The van der Waals surface area contributed by atoms with Crippen LogP contribution < -0.4 is 14.8 Å². The minimum absolute atomic E-state index is 0.00688. The first kappa shape index (κ1) is 15.4. The number of hydrogen-bond donors (Lipinski definition) is 1. The molecule has 0 radical (unpaired) electrons. The molecule has 0 bridgehead atoms. The molecule has 0 spiro atoms. The summed E-state index contributed by atoms with van der Waals surface area (Å²) in [5.41, 5.74) is 2.04. The minimum Gasteiger partial charge on any atom is -0.493 e. The highest BCUT2D eigenvalue weighted by Gasteiger charge is 2.29. The van der Waals surface area contributed by atoms with Gasteiger partial charge in [0.1, 0.15) is 5.82 Å². The van der Waals surface area contributed by atoms with E-state index in [1.54, 1.807) is 11.8 Å². The summed E-state index contributed by atoms with van der Waals surface area (Å²) < 4.78 is 12.9. The number of rotatable bonds is 4. The predicted molar refractivity (Wildman–Crippen MR) is 87.1 cm³/mol. The Morgan fingerprint density at radius 3 is 2.83 bits per heavy atom. The van der Waals surface area contributed by atoms with Crippen LogP contribution in [-0.2, 0) is 11.8 Å². The van der Waals surface area contributed by atoms with Crippen LogP contribution in [0.2, 0.25) is 0 Å². The zero-order valence-corrected chi connectivity index (χ0v) is 13.8. The molecule has 0 fully saturated rings. The van der Waals surface area contributed by atoms with E-state index in [1.165, 1.54) is 0 Å². The van der Waals surface area contributed by atoms with Crippen LogP contribution in [0.3, 0.4) is 0 Å². The molecule has 6 nitrogen and oxygen atoms in total. The summed E-state index contributed by atoms with van der Waals surface area (Å²) in [4.78, 5) is 12.0. The molecule has 6 heteroatoms. The number of ether oxygens (including phenoxy) is 2. The molecule has 0 saturated heterocycles. The minimum atomic E-state index is -0.0329. The van der Waals surface area contributed by atoms with Gasteiger partial charge in [-0.3, -0.25) is 9.48 Å². The molecular formula is C17H21N3O3. The largest absolute Gasteiger partial charge is 0.493 e. The number of anilines is 1. The second-order valence-electron chi connectivity index (χ2n) is 5.95. The van der Waals surface area contributed by atoms with Gasteiger partial charge < -0.3 is 14.8 Å². The number of carbonyl (C=O) groups is 1. The quantitative estimate of drug-likeness (QED) is 0.942. The molecule has 0 saturated carbocycles. The highest BCUT2D eigenvalue weighted by atomic mass is 16.5. The number of nitrogens with zero attached hydrogens (tertiary/aromatic N) is 2. The fourth-order valence-electron chi connectivity index (χ4n) is 2.89. The van der Waals surface area contributed by atoms with Gasteiger partial charge in [-0.15, -0.1) is 0 Å². The van der Waals surface area contributed by atoms with Crippen LogP contribution in [0.4, 0.5) is 5.82 Å². The van der Waals surface area contributed by atoms with Gasteiger partial charge in [0, 0.05) is 24.9 Å². The van der Waals surface area contributed by atoms with Crippen molar-refractivity contribution < 1.29 is 14.3 Å². The summed E-state index contributed by atoms with van der Waals surface area (Å²) >= 11 is 0. The van der Waals surface area contributed by atoms with E-state index in [2.05, 4.69) is 10.4 Å². The third-order valence-corrected chi connectivity index (χ3v) is 3.94. The van der Waals surface area contributed by atoms with E-state index in [-0.39, 0.29) is 17.9 Å². The van der Waals surface area contributed by atoms with Crippen LogP contribution in [-0.4, -0.2) is 28.9 Å². The van der Waals surface area contributed by atoms with Gasteiger partial charge in [0.2, 0.25) is 5.91 Å². The summed E-state index contributed by atoms with van der Waals surface area (Å²) in [5.74, 6) is 2.10. The molecule has 1 aromatic heterocycles. The first-order chi connectivity index (χ1) is 11.0. The molecule has 1 aliphatic heterocycles. The van der Waals surface area contributed by atoms with Gasteiger partial charge in [-0.1, -0.05) is 6.07 Å². The van der Waals surface area contributed by atoms with Crippen LogP contribution in [0.25, 0.3) is 0 Å². The lowest BCUT2D eigenvalue weighted by Gasteiger charge is -2.24. The summed E-state index contributed by atoms with van der Waals surface area (Å²) in [7, 11) is 3.44. The first-order valence-electron chi connectivity index (χ1n) is 7.66. The molecule has 3 rings (SSSR count). The van der Waals surface area contributed by atoms with E-state index in [9.17, 15) is 4.79 Å². The standard InChI is InChI=1S/C17H21N3O3/c1-10(2)23-14-6-5-11(7-15(14)22-4)12-8-16(21)19-17-13(12)9-18-20(17)3/h5-7,9-10,12H,8H2,1-4H3,(H,19,21)/t12-/m0/s1. The highest BCUT2D eigenvalue weighted by Crippen LogP contribution is 2.39. The van der Waals surface area contributed by atoms with Crippen LogP contribution in [0.15, 0.2) is 24.4 Å². The summed E-state index contributed by atoms with van der Waals surface area (Å²) in [5, 5.41) is 7.13. The van der Waals surface area contributed by atoms with Crippen LogP contribution >= 0.6 is 0 Å². The number of nitrogens with one attached hydrogen (secondary N) is 1. The Bertz CT molecular complexity index is 737. The average Bonchev–Trinajstić information content (AvgIpc) is 2.88. The van der Waals surface area contributed by atoms with Gasteiger partial charge in [0.15, 0.2) is 11.5 Å². The smallest absolute Gasteiger partial charge is 0.226 e. The van der Waals surface area contributed by atoms with Crippen molar-refractivity contribution in [2.45, 2.75) is 32.3 Å². The maximum absolute atomic E-state index is 12.0. The maximum atomic E-state index is 12.0. The lowest BCUT2D eigenvalue weighted by atomic mass is 9.87. The zero-order chi connectivity index (χ0) is 16.6. The third kappa shape index (κ3) is 2.88. The topological polar surface area (TPSA) is 65.4 Å². The average molecular weight is 315 g/mol. The molecule has 23 heavy (non-hydrogen) atoms. The zero-order valence-electron chi connectivity index (χ0n) is 13.8. The second-order valence-corrected chi connectivity index (χ2v) is 5.95. The van der Waals surface area contributed by atoms with Crippen LogP contribution in [0, 0.1) is 0 Å². The Kier molecular flexibility index (Phi) is 3.98. The lowest BCUT2D eigenvalue weighted by Crippen LogP contribution is -2.24. The molecule has 2 aromatic rings. The lowest BCUT2D eigenvalue weighted by molar-refractivity contribution is -0.116. The Balaban J connectivity index is 2.00. The number of methoxy groups -OCH3 is 1. The Labute approximate surface area is 135 Å². The van der Waals surface area contributed by atoms with Gasteiger partial charge in [0.05, 0.1) is 19.4 Å². The third-order valence-electron chi connectivity index (χ3n) is 3.94. The molecule has 0 aliphatic carbocycles. The number of carbonyl (C=O) groups excluding carboxylic acids is 1. The molecule has 2 heterocycles. The number of amides is 1. The van der Waals surface area contributed by atoms with Crippen molar-refractivity contribution in [3.63, 3.8) is 0 Å². The fourth-order valence-corrected chi connectivity index (χ4v) is 2.89. The number of fused-ring (bicyclic) bond motifs is 1. The van der Waals surface area contributed by atoms with Crippen LogP contribution in [0.5, 0.6) is 11.5 Å². The van der Waals surface area contributed by atoms with Crippen molar-refractivity contribution in [1.29, 1.82) is 0 Å². The van der Waals surface area contributed by atoms with E-state index in [4.69, 9.17) is 9.47 Å². The van der Waals surface area contributed by atoms with Crippen molar-refractivity contribution >= 4 is 11.7 Å². The first-order valence-corrected chi connectivity index (χ1v) is 7.66. The predicted octanol–water partition coefficient (Wildman–Crippen LogP) is 2.69. The molecule has 1 atom stereocenters. The maximum Gasteiger partial charge on any atom is 0.226 e. The molecular weight excluding hydrogens is 294 g/mol. The van der Waals surface area contributed by atoms with E-state index in [0.29, 0.717) is 17.9 Å². The molecule has 1 N–H and O–H groups in total. The summed E-state index contributed by atoms with van der Waals surface area (Å²) in [6.07, 6.45) is 2.27. The van der Waals surface area contributed by atoms with Crippen LogP contribution in [0.1, 0.15) is 37.3 Å². The van der Waals surface area contributed by atoms with Gasteiger partial charge in [-0.25, -0.2) is 0 Å². The van der Waals surface area contributed by atoms with E-state index >= 15 is 0 Å². The second kappa shape index (κ2) is 5.95. The van der Waals surface area contributed by atoms with Crippen molar-refractivity contribution in [3.8, 4) is 11.5 Å². The van der Waals surface area contributed by atoms with Crippen molar-refractivity contribution in [2.75, 3.05) is 12.4 Å². The Morgan fingerprint density at radius 1 is 1.35 bits per heavy atom. The van der Waals surface area contributed by atoms with Crippen molar-refractivity contribution in [3.05, 3.63) is 35.5 Å². The van der Waals surface area contributed by atoms with E-state index < -0.39 is 0 Å². The Morgan fingerprint density at radius 2 is 2.13 bits per heavy atom. The monoisotopic (exact) mass is 315 g/mol. The number of benzene rings is 1. The number of aryl methyl sites for hydroxylation is 1. The van der Waals surface area contributed by atoms with Gasteiger partial charge >= 0.3 is 0 Å². The van der Waals surface area contributed by atoms with Crippen molar-refractivity contribution in [2.24, 2.45) is 7.05 Å². The van der Waals surface area contributed by atoms with Gasteiger partial charge in [-0.05, 0) is 31.5 Å². The van der Waals surface area contributed by atoms with E-state index in [1.807, 2.05) is 45.3 Å². The normalized spacial score (nSPS) is 16.9. The SMILES string of the molecule is COc1cc([C@@H]2CC(=O)Nc3c2cnn3C)ccc1OC(C)C. The number of hydrogen-bond acceptors (Lipinski definition) is 4. The van der Waals surface area contributed by atoms with Gasteiger partial charge in [0.25, 0.3) is 0 Å². The summed E-state index contributed by atoms with van der Waals surface area (Å²) in [6.45, 7) is 3.95. The highest BCUT2D eigenvalue weighted by molar-refractivity contribution is 5.94. The fraction of sp³-hybridized carbons (Fsp3) is 0.412. The molecule has 0 unspecified atom stereocenters. The van der Waals surface area contributed by atoms with Crippen molar-refractivity contribution in [1.82, 2.24) is 9.78 Å². The number of aromatic nitrogens is 2. The molecule has 122 valence electrons. The summed E-state index contributed by atoms with van der Waals surface area (Å²) in [6, 6.07) is 5.83. The Hall–Kier alpha value is -2.50. The van der Waals surface area contributed by atoms with E-state index in [0.717, 1.165) is 16.9 Å². The molecule has 1 amide bonds. The molecule has 1 aromatic carbocycles.